The van der Waals surface area contributed by atoms with Crippen LogP contribution in [0.15, 0.2) is 41.0 Å². The van der Waals surface area contributed by atoms with Crippen LogP contribution in [0.5, 0.6) is 11.5 Å². The zero-order valence-electron chi connectivity index (χ0n) is 11.4. The molecule has 0 bridgehead atoms. The lowest BCUT2D eigenvalue weighted by atomic mass is 10.1. The molecule has 2 rings (SSSR count). The molecule has 19 heavy (non-hydrogen) atoms. The molecule has 0 saturated heterocycles. The summed E-state index contributed by atoms with van der Waals surface area (Å²) in [4.78, 5) is 0. The Labute approximate surface area is 113 Å². The van der Waals surface area contributed by atoms with E-state index in [0.717, 1.165) is 17.1 Å². The van der Waals surface area contributed by atoms with Gasteiger partial charge in [-0.3, -0.25) is 0 Å². The van der Waals surface area contributed by atoms with Crippen molar-refractivity contribution in [3.63, 3.8) is 0 Å². The number of rotatable bonds is 5. The number of benzene rings is 1. The van der Waals surface area contributed by atoms with E-state index < -0.39 is 0 Å². The third kappa shape index (κ3) is 3.09. The van der Waals surface area contributed by atoms with Gasteiger partial charge in [0.1, 0.15) is 17.3 Å². The summed E-state index contributed by atoms with van der Waals surface area (Å²) < 4.78 is 10.5. The van der Waals surface area contributed by atoms with Crippen molar-refractivity contribution in [2.24, 2.45) is 0 Å². The van der Waals surface area contributed by atoms with E-state index in [4.69, 9.17) is 9.15 Å². The summed E-state index contributed by atoms with van der Waals surface area (Å²) in [5, 5.41) is 13.3. The van der Waals surface area contributed by atoms with E-state index in [-0.39, 0.29) is 17.8 Å². The molecule has 0 aliphatic carbocycles. The Hall–Kier alpha value is -1.94. The first kappa shape index (κ1) is 13.5. The number of hydrogen-bond acceptors (Lipinski definition) is 4. The van der Waals surface area contributed by atoms with Crippen molar-refractivity contribution < 1.29 is 14.3 Å². The molecule has 2 aromatic rings. The van der Waals surface area contributed by atoms with Crippen LogP contribution in [0.25, 0.3) is 0 Å². The topological polar surface area (TPSA) is 54.6 Å². The van der Waals surface area contributed by atoms with E-state index in [1.807, 2.05) is 32.0 Å². The Morgan fingerprint density at radius 3 is 2.63 bits per heavy atom. The van der Waals surface area contributed by atoms with Crippen LogP contribution in [-0.4, -0.2) is 12.2 Å². The highest BCUT2D eigenvalue weighted by Crippen LogP contribution is 2.29. The molecule has 0 aliphatic heterocycles. The molecule has 1 aromatic heterocycles. The quantitative estimate of drug-likeness (QED) is 0.866. The van der Waals surface area contributed by atoms with Crippen LogP contribution in [0.4, 0.5) is 0 Å². The molecule has 0 saturated carbocycles. The van der Waals surface area contributed by atoms with Gasteiger partial charge in [-0.1, -0.05) is 0 Å². The molecule has 0 aliphatic rings. The smallest absolute Gasteiger partial charge is 0.120 e. The van der Waals surface area contributed by atoms with E-state index in [9.17, 15) is 5.11 Å². The van der Waals surface area contributed by atoms with Gasteiger partial charge in [0.05, 0.1) is 19.4 Å². The van der Waals surface area contributed by atoms with E-state index in [1.165, 1.54) is 0 Å². The summed E-state index contributed by atoms with van der Waals surface area (Å²) >= 11 is 0. The number of aromatic hydroxyl groups is 1. The van der Waals surface area contributed by atoms with Crippen LogP contribution in [-0.2, 0) is 0 Å². The zero-order chi connectivity index (χ0) is 13.8. The van der Waals surface area contributed by atoms with Gasteiger partial charge < -0.3 is 19.6 Å². The molecule has 4 nitrogen and oxygen atoms in total. The van der Waals surface area contributed by atoms with Crippen LogP contribution < -0.4 is 10.1 Å². The first-order valence-corrected chi connectivity index (χ1v) is 6.28. The predicted octanol–water partition coefficient (Wildman–Crippen LogP) is 3.41. The number of hydrogen-bond donors (Lipinski definition) is 2. The molecule has 0 fully saturated rings. The van der Waals surface area contributed by atoms with Gasteiger partial charge in [0.15, 0.2) is 0 Å². The SMILES string of the molecule is COc1ccc(O)c(C(C)N[C@@H](C)c2ccco2)c1. The van der Waals surface area contributed by atoms with Crippen molar-refractivity contribution in [2.75, 3.05) is 7.11 Å². The van der Waals surface area contributed by atoms with Gasteiger partial charge in [0.2, 0.25) is 0 Å². The van der Waals surface area contributed by atoms with Crippen molar-refractivity contribution >= 4 is 0 Å². The maximum Gasteiger partial charge on any atom is 0.120 e. The summed E-state index contributed by atoms with van der Waals surface area (Å²) in [6.07, 6.45) is 1.65. The van der Waals surface area contributed by atoms with Gasteiger partial charge in [0, 0.05) is 11.6 Å². The fourth-order valence-electron chi connectivity index (χ4n) is 2.09. The largest absolute Gasteiger partial charge is 0.508 e. The second-order valence-corrected chi connectivity index (χ2v) is 4.55. The van der Waals surface area contributed by atoms with Crippen LogP contribution in [0, 0.1) is 0 Å². The van der Waals surface area contributed by atoms with Crippen LogP contribution in [0.3, 0.4) is 0 Å². The fraction of sp³-hybridized carbons (Fsp3) is 0.333. The third-order valence-corrected chi connectivity index (χ3v) is 3.17. The first-order chi connectivity index (χ1) is 9.11. The molecule has 0 spiro atoms. The molecule has 4 heteroatoms. The molecule has 1 aromatic carbocycles. The third-order valence-electron chi connectivity index (χ3n) is 3.17. The van der Waals surface area contributed by atoms with Crippen molar-refractivity contribution in [3.8, 4) is 11.5 Å². The van der Waals surface area contributed by atoms with Gasteiger partial charge >= 0.3 is 0 Å². The lowest BCUT2D eigenvalue weighted by molar-refractivity contribution is 0.386. The maximum atomic E-state index is 9.93. The lowest BCUT2D eigenvalue weighted by Crippen LogP contribution is -2.22. The Bertz CT molecular complexity index is 522. The number of nitrogens with one attached hydrogen (secondary N) is 1. The summed E-state index contributed by atoms with van der Waals surface area (Å²) in [5.41, 5.74) is 0.803. The minimum Gasteiger partial charge on any atom is -0.508 e. The van der Waals surface area contributed by atoms with Crippen LogP contribution >= 0.6 is 0 Å². The zero-order valence-corrected chi connectivity index (χ0v) is 11.4. The lowest BCUT2D eigenvalue weighted by Gasteiger charge is -2.20. The Balaban J connectivity index is 2.13. The Kier molecular flexibility index (Phi) is 4.12. The number of ether oxygens (including phenoxy) is 1. The van der Waals surface area contributed by atoms with Gasteiger partial charge in [-0.2, -0.15) is 0 Å². The van der Waals surface area contributed by atoms with Gasteiger partial charge in [-0.15, -0.1) is 0 Å². The van der Waals surface area contributed by atoms with Crippen molar-refractivity contribution in [3.05, 3.63) is 47.9 Å². The van der Waals surface area contributed by atoms with Gasteiger partial charge in [-0.25, -0.2) is 0 Å². The molecule has 2 atom stereocenters. The highest BCUT2D eigenvalue weighted by atomic mass is 16.5. The summed E-state index contributed by atoms with van der Waals surface area (Å²) in [7, 11) is 1.61. The van der Waals surface area contributed by atoms with Crippen LogP contribution in [0.1, 0.15) is 37.3 Å². The average Bonchev–Trinajstić information content (AvgIpc) is 2.93. The summed E-state index contributed by atoms with van der Waals surface area (Å²) in [6.45, 7) is 4.01. The van der Waals surface area contributed by atoms with Gasteiger partial charge in [0.25, 0.3) is 0 Å². The first-order valence-electron chi connectivity index (χ1n) is 6.28. The van der Waals surface area contributed by atoms with E-state index in [1.54, 1.807) is 25.5 Å². The van der Waals surface area contributed by atoms with Gasteiger partial charge in [-0.05, 0) is 44.2 Å². The van der Waals surface area contributed by atoms with Crippen molar-refractivity contribution in [1.29, 1.82) is 0 Å². The molecular weight excluding hydrogens is 242 g/mol. The second kappa shape index (κ2) is 5.80. The highest BCUT2D eigenvalue weighted by molar-refractivity contribution is 5.41. The van der Waals surface area contributed by atoms with E-state index in [2.05, 4.69) is 5.32 Å². The van der Waals surface area contributed by atoms with Crippen molar-refractivity contribution in [1.82, 2.24) is 5.32 Å². The second-order valence-electron chi connectivity index (χ2n) is 4.55. The predicted molar refractivity (Wildman–Crippen MR) is 73.3 cm³/mol. The molecule has 1 unspecified atom stereocenters. The van der Waals surface area contributed by atoms with E-state index in [0.29, 0.717) is 0 Å². The summed E-state index contributed by atoms with van der Waals surface area (Å²) in [6, 6.07) is 9.05. The molecule has 102 valence electrons. The number of furan rings is 1. The number of methoxy groups -OCH3 is 1. The summed E-state index contributed by atoms with van der Waals surface area (Å²) in [5.74, 6) is 1.86. The molecule has 2 N–H and O–H groups in total. The fourth-order valence-corrected chi connectivity index (χ4v) is 2.09. The Morgan fingerprint density at radius 1 is 1.21 bits per heavy atom. The average molecular weight is 261 g/mol. The number of phenolic OH excluding ortho intramolecular Hbond substituents is 1. The van der Waals surface area contributed by atoms with Crippen LogP contribution in [0.2, 0.25) is 0 Å². The Morgan fingerprint density at radius 2 is 2.00 bits per heavy atom. The highest BCUT2D eigenvalue weighted by Gasteiger charge is 2.16. The monoisotopic (exact) mass is 261 g/mol. The van der Waals surface area contributed by atoms with Crippen molar-refractivity contribution in [2.45, 2.75) is 25.9 Å². The number of phenols is 1. The minimum absolute atomic E-state index is 0.0183. The van der Waals surface area contributed by atoms with E-state index >= 15 is 0 Å². The minimum atomic E-state index is -0.0183. The molecular formula is C15H19NO3. The molecule has 0 radical (unpaired) electrons. The normalized spacial score (nSPS) is 14.1. The molecule has 0 amide bonds. The molecule has 1 heterocycles. The standard InChI is InChI=1S/C15H19NO3/c1-10(16-11(2)15-5-4-8-19-15)13-9-12(18-3)6-7-14(13)17/h4-11,16-17H,1-3H3/t10?,11-/m0/s1. The maximum absolute atomic E-state index is 9.93.